The Morgan fingerprint density at radius 2 is 1.87 bits per heavy atom. The highest BCUT2D eigenvalue weighted by atomic mass is 16.5. The lowest BCUT2D eigenvalue weighted by Gasteiger charge is -2.49. The van der Waals surface area contributed by atoms with Crippen LogP contribution in [0.5, 0.6) is 0 Å². The molecule has 31 heavy (non-hydrogen) atoms. The van der Waals surface area contributed by atoms with Crippen LogP contribution in [0.3, 0.4) is 0 Å². The Kier molecular flexibility index (Phi) is 5.67. The first-order chi connectivity index (χ1) is 15.1. The van der Waals surface area contributed by atoms with E-state index in [0.29, 0.717) is 11.7 Å². The minimum Gasteiger partial charge on any atom is -0.375 e. The second-order valence-electron chi connectivity index (χ2n) is 9.02. The Morgan fingerprint density at radius 3 is 2.55 bits per heavy atom. The van der Waals surface area contributed by atoms with Crippen LogP contribution in [0.2, 0.25) is 0 Å². The average molecular weight is 425 g/mol. The van der Waals surface area contributed by atoms with Crippen molar-refractivity contribution in [3.63, 3.8) is 0 Å². The van der Waals surface area contributed by atoms with Crippen molar-refractivity contribution in [2.75, 3.05) is 50.8 Å². The smallest absolute Gasteiger partial charge is 0.272 e. The molecule has 0 aliphatic carbocycles. The molecule has 166 valence electrons. The number of hydrogen-bond acceptors (Lipinski definition) is 6. The number of amides is 1. The van der Waals surface area contributed by atoms with Gasteiger partial charge in [0.25, 0.3) is 5.91 Å². The maximum atomic E-state index is 12.8. The molecule has 0 aromatic carbocycles. The first-order valence-corrected chi connectivity index (χ1v) is 11.4. The van der Waals surface area contributed by atoms with E-state index in [9.17, 15) is 4.79 Å². The third-order valence-electron chi connectivity index (χ3n) is 7.27. The highest BCUT2D eigenvalue weighted by Gasteiger charge is 2.43. The lowest BCUT2D eigenvalue weighted by molar-refractivity contribution is -0.130. The summed E-state index contributed by atoms with van der Waals surface area (Å²) in [6, 6.07) is 8.49. The average Bonchev–Trinajstić information content (AvgIpc) is 3.26. The summed E-state index contributed by atoms with van der Waals surface area (Å²) >= 11 is 0. The second-order valence-corrected chi connectivity index (χ2v) is 9.02. The Balaban J connectivity index is 1.16. The van der Waals surface area contributed by atoms with Gasteiger partial charge in [-0.2, -0.15) is 5.10 Å². The molecule has 2 aromatic heterocycles. The normalized spacial score (nSPS) is 24.5. The van der Waals surface area contributed by atoms with E-state index in [4.69, 9.17) is 4.74 Å². The zero-order valence-corrected chi connectivity index (χ0v) is 18.3. The number of aryl methyl sites for hydroxylation is 1. The molecule has 1 spiro atoms. The Labute approximate surface area is 183 Å². The van der Waals surface area contributed by atoms with Gasteiger partial charge in [0.15, 0.2) is 0 Å². The van der Waals surface area contributed by atoms with Crippen LogP contribution in [0.1, 0.15) is 36.2 Å². The van der Waals surface area contributed by atoms with Crippen LogP contribution in [-0.2, 0) is 11.8 Å². The highest BCUT2D eigenvalue weighted by molar-refractivity contribution is 5.92. The molecule has 8 nitrogen and oxygen atoms in total. The minimum absolute atomic E-state index is 0.0767. The van der Waals surface area contributed by atoms with E-state index >= 15 is 0 Å². The van der Waals surface area contributed by atoms with Crippen molar-refractivity contribution in [1.82, 2.24) is 24.6 Å². The first-order valence-electron chi connectivity index (χ1n) is 11.4. The van der Waals surface area contributed by atoms with E-state index in [2.05, 4.69) is 32.0 Å². The molecule has 0 bridgehead atoms. The van der Waals surface area contributed by atoms with Gasteiger partial charge in [-0.05, 0) is 43.9 Å². The summed E-state index contributed by atoms with van der Waals surface area (Å²) < 4.78 is 8.02. The van der Waals surface area contributed by atoms with E-state index in [1.165, 1.54) is 0 Å². The van der Waals surface area contributed by atoms with Crippen molar-refractivity contribution >= 4 is 11.7 Å². The maximum absolute atomic E-state index is 12.8. The molecule has 0 N–H and O–H groups in total. The number of carbonyl (C=O) groups excluding carboxylic acids is 1. The largest absolute Gasteiger partial charge is 0.375 e. The lowest BCUT2D eigenvalue weighted by atomic mass is 9.81. The molecule has 3 saturated heterocycles. The quantitative estimate of drug-likeness (QED) is 0.749. The molecule has 1 amide bonds. The van der Waals surface area contributed by atoms with Gasteiger partial charge in [0.2, 0.25) is 0 Å². The van der Waals surface area contributed by atoms with Crippen molar-refractivity contribution in [2.24, 2.45) is 7.05 Å². The van der Waals surface area contributed by atoms with E-state index in [1.54, 1.807) is 16.9 Å². The molecule has 2 aromatic rings. The third kappa shape index (κ3) is 4.19. The predicted octanol–water partition coefficient (Wildman–Crippen LogP) is 1.79. The van der Waals surface area contributed by atoms with Gasteiger partial charge in [-0.1, -0.05) is 6.07 Å². The standard InChI is InChI=1S/C23H32N6O2/c1-26-20(5-10-25-26)22(30)29-11-7-23(8-12-29)18-19(6-17-31-23)27-13-15-28(16-14-27)21-4-2-3-9-24-21/h2-5,9-10,19H,6-8,11-18H2,1H3. The van der Waals surface area contributed by atoms with Crippen molar-refractivity contribution in [2.45, 2.75) is 37.3 Å². The number of pyridine rings is 1. The van der Waals surface area contributed by atoms with Crippen LogP contribution < -0.4 is 4.90 Å². The zero-order valence-electron chi connectivity index (χ0n) is 18.3. The summed E-state index contributed by atoms with van der Waals surface area (Å²) in [4.78, 5) is 24.3. The summed E-state index contributed by atoms with van der Waals surface area (Å²) in [5.41, 5.74) is 0.578. The summed E-state index contributed by atoms with van der Waals surface area (Å²) in [6.07, 6.45) is 7.56. The Bertz CT molecular complexity index is 884. The number of piperazine rings is 1. The molecule has 5 rings (SSSR count). The maximum Gasteiger partial charge on any atom is 0.272 e. The third-order valence-corrected chi connectivity index (χ3v) is 7.27. The molecule has 1 atom stereocenters. The van der Waals surface area contributed by atoms with Gasteiger partial charge in [-0.15, -0.1) is 0 Å². The second kappa shape index (κ2) is 8.59. The molecule has 0 saturated carbocycles. The fourth-order valence-electron chi connectivity index (χ4n) is 5.38. The molecular weight excluding hydrogens is 392 g/mol. The number of ether oxygens (including phenoxy) is 1. The van der Waals surface area contributed by atoms with Gasteiger partial charge < -0.3 is 14.5 Å². The molecule has 3 aliphatic rings. The molecule has 3 fully saturated rings. The number of piperidine rings is 1. The van der Waals surface area contributed by atoms with Crippen molar-refractivity contribution in [3.8, 4) is 0 Å². The SMILES string of the molecule is Cn1nccc1C(=O)N1CCC2(CC1)CC(N1CCN(c3ccccn3)CC1)CCO2. The molecular formula is C23H32N6O2. The minimum atomic E-state index is -0.0791. The van der Waals surface area contributed by atoms with Gasteiger partial charge in [0.1, 0.15) is 11.5 Å². The van der Waals surface area contributed by atoms with Gasteiger partial charge in [-0.25, -0.2) is 4.98 Å². The number of anilines is 1. The fraction of sp³-hybridized carbons (Fsp3) is 0.609. The van der Waals surface area contributed by atoms with E-state index < -0.39 is 0 Å². The van der Waals surface area contributed by atoms with E-state index in [1.807, 2.05) is 24.2 Å². The van der Waals surface area contributed by atoms with Crippen LogP contribution >= 0.6 is 0 Å². The lowest BCUT2D eigenvalue weighted by Crippen LogP contribution is -2.57. The van der Waals surface area contributed by atoms with Crippen LogP contribution in [0.25, 0.3) is 0 Å². The number of nitrogens with zero attached hydrogens (tertiary/aromatic N) is 6. The highest BCUT2D eigenvalue weighted by Crippen LogP contribution is 2.37. The van der Waals surface area contributed by atoms with Crippen LogP contribution in [0.15, 0.2) is 36.7 Å². The summed E-state index contributed by atoms with van der Waals surface area (Å²) in [6.45, 7) is 6.52. The molecule has 8 heteroatoms. The van der Waals surface area contributed by atoms with Gasteiger partial charge in [0, 0.05) is 71.4 Å². The Morgan fingerprint density at radius 1 is 1.06 bits per heavy atom. The molecule has 0 radical (unpaired) electrons. The number of hydrogen-bond donors (Lipinski definition) is 0. The Hall–Kier alpha value is -2.45. The summed E-state index contributed by atoms with van der Waals surface area (Å²) in [7, 11) is 1.82. The van der Waals surface area contributed by atoms with E-state index in [-0.39, 0.29) is 11.5 Å². The summed E-state index contributed by atoms with van der Waals surface area (Å²) in [5.74, 6) is 1.16. The summed E-state index contributed by atoms with van der Waals surface area (Å²) in [5, 5.41) is 4.13. The first kappa shape index (κ1) is 20.5. The molecule has 1 unspecified atom stereocenters. The van der Waals surface area contributed by atoms with Gasteiger partial charge in [-0.3, -0.25) is 14.4 Å². The van der Waals surface area contributed by atoms with Gasteiger partial charge >= 0.3 is 0 Å². The molecule has 5 heterocycles. The van der Waals surface area contributed by atoms with Crippen LogP contribution in [0, 0.1) is 0 Å². The monoisotopic (exact) mass is 424 g/mol. The zero-order chi connectivity index (χ0) is 21.3. The number of rotatable bonds is 3. The topological polar surface area (TPSA) is 66.7 Å². The van der Waals surface area contributed by atoms with Crippen LogP contribution in [-0.4, -0.2) is 88.0 Å². The number of likely N-dealkylation sites (tertiary alicyclic amines) is 1. The predicted molar refractivity (Wildman–Crippen MR) is 118 cm³/mol. The van der Waals surface area contributed by atoms with E-state index in [0.717, 1.165) is 77.4 Å². The number of carbonyl (C=O) groups is 1. The van der Waals surface area contributed by atoms with Gasteiger partial charge in [0.05, 0.1) is 5.60 Å². The number of aromatic nitrogens is 3. The van der Waals surface area contributed by atoms with Crippen molar-refractivity contribution in [3.05, 3.63) is 42.4 Å². The van der Waals surface area contributed by atoms with Crippen LogP contribution in [0.4, 0.5) is 5.82 Å². The van der Waals surface area contributed by atoms with Crippen molar-refractivity contribution < 1.29 is 9.53 Å². The van der Waals surface area contributed by atoms with Crippen molar-refractivity contribution in [1.29, 1.82) is 0 Å². The molecule has 3 aliphatic heterocycles. The fourth-order valence-corrected chi connectivity index (χ4v) is 5.38.